The predicted molar refractivity (Wildman–Crippen MR) is 85.1 cm³/mol. The van der Waals surface area contributed by atoms with Crippen molar-refractivity contribution >= 4 is 11.6 Å². The summed E-state index contributed by atoms with van der Waals surface area (Å²) in [6.45, 7) is 4.99. The van der Waals surface area contributed by atoms with Gasteiger partial charge in [0.15, 0.2) is 0 Å². The molecule has 0 unspecified atom stereocenters. The highest BCUT2D eigenvalue weighted by molar-refractivity contribution is 5.80. The van der Waals surface area contributed by atoms with Crippen LogP contribution in [0.3, 0.4) is 0 Å². The molecule has 4 nitrogen and oxygen atoms in total. The lowest BCUT2D eigenvalue weighted by atomic mass is 10.0. The van der Waals surface area contributed by atoms with Crippen LogP contribution in [0.25, 0.3) is 0 Å². The summed E-state index contributed by atoms with van der Waals surface area (Å²) < 4.78 is 0. The Morgan fingerprint density at radius 1 is 1.14 bits per heavy atom. The summed E-state index contributed by atoms with van der Waals surface area (Å²) in [5, 5.41) is 6.05. The van der Waals surface area contributed by atoms with Gasteiger partial charge in [0.25, 0.3) is 0 Å². The number of carbonyl (C=O) groups is 1. The van der Waals surface area contributed by atoms with Crippen molar-refractivity contribution in [2.45, 2.75) is 26.3 Å². The molecule has 0 fully saturated rings. The molecule has 21 heavy (non-hydrogen) atoms. The molecule has 1 aromatic carbocycles. The molecule has 1 aromatic heterocycles. The number of hydrogen-bond acceptors (Lipinski definition) is 3. The highest BCUT2D eigenvalue weighted by Crippen LogP contribution is 2.23. The second kappa shape index (κ2) is 7.43. The molecular formula is C17H21N3O. The Labute approximate surface area is 125 Å². The highest BCUT2D eigenvalue weighted by atomic mass is 16.1. The van der Waals surface area contributed by atoms with Crippen LogP contribution in [0.1, 0.15) is 31.0 Å². The van der Waals surface area contributed by atoms with Crippen LogP contribution >= 0.6 is 0 Å². The van der Waals surface area contributed by atoms with Crippen molar-refractivity contribution in [1.29, 1.82) is 0 Å². The standard InChI is InChI=1S/C17H21N3O/c1-13(2)15-8-3-4-9-16(15)19-12-17(21)20-11-14-7-5-6-10-18-14/h3-10,13,19H,11-12H2,1-2H3,(H,20,21). The highest BCUT2D eigenvalue weighted by Gasteiger charge is 2.07. The Morgan fingerprint density at radius 3 is 2.62 bits per heavy atom. The van der Waals surface area contributed by atoms with E-state index < -0.39 is 0 Å². The number of aromatic nitrogens is 1. The number of anilines is 1. The lowest BCUT2D eigenvalue weighted by Crippen LogP contribution is -2.29. The minimum absolute atomic E-state index is 0.0424. The predicted octanol–water partition coefficient (Wildman–Crippen LogP) is 2.93. The van der Waals surface area contributed by atoms with Crippen LogP contribution in [0.15, 0.2) is 48.7 Å². The zero-order chi connectivity index (χ0) is 15.1. The van der Waals surface area contributed by atoms with Crippen LogP contribution in [-0.2, 0) is 11.3 Å². The first-order valence-electron chi connectivity index (χ1n) is 7.16. The monoisotopic (exact) mass is 283 g/mol. The van der Waals surface area contributed by atoms with Gasteiger partial charge in [-0.2, -0.15) is 0 Å². The number of rotatable bonds is 6. The molecule has 0 saturated carbocycles. The molecule has 0 saturated heterocycles. The molecule has 4 heteroatoms. The topological polar surface area (TPSA) is 54.0 Å². The molecule has 1 amide bonds. The van der Waals surface area contributed by atoms with Gasteiger partial charge in [-0.1, -0.05) is 38.1 Å². The normalized spacial score (nSPS) is 10.4. The lowest BCUT2D eigenvalue weighted by Gasteiger charge is -2.14. The van der Waals surface area contributed by atoms with Crippen molar-refractivity contribution in [3.05, 3.63) is 59.9 Å². The zero-order valence-corrected chi connectivity index (χ0v) is 12.5. The van der Waals surface area contributed by atoms with Crippen LogP contribution in [0.5, 0.6) is 0 Å². The van der Waals surface area contributed by atoms with Gasteiger partial charge in [-0.05, 0) is 29.7 Å². The summed E-state index contributed by atoms with van der Waals surface area (Å²) >= 11 is 0. The largest absolute Gasteiger partial charge is 0.376 e. The molecule has 110 valence electrons. The second-order valence-electron chi connectivity index (χ2n) is 5.19. The van der Waals surface area contributed by atoms with Crippen molar-refractivity contribution in [3.63, 3.8) is 0 Å². The number of benzene rings is 1. The summed E-state index contributed by atoms with van der Waals surface area (Å²) in [4.78, 5) is 16.0. The Morgan fingerprint density at radius 2 is 1.90 bits per heavy atom. The molecule has 0 spiro atoms. The van der Waals surface area contributed by atoms with Crippen LogP contribution in [0.2, 0.25) is 0 Å². The number of pyridine rings is 1. The fraction of sp³-hybridized carbons (Fsp3) is 0.294. The summed E-state index contributed by atoms with van der Waals surface area (Å²) in [5.41, 5.74) is 3.09. The first-order valence-corrected chi connectivity index (χ1v) is 7.16. The van der Waals surface area contributed by atoms with E-state index in [1.165, 1.54) is 5.56 Å². The molecular weight excluding hydrogens is 262 g/mol. The van der Waals surface area contributed by atoms with Crippen LogP contribution in [0.4, 0.5) is 5.69 Å². The third-order valence-corrected chi connectivity index (χ3v) is 3.22. The summed E-state index contributed by atoms with van der Waals surface area (Å²) in [6, 6.07) is 13.7. The van der Waals surface area contributed by atoms with E-state index >= 15 is 0 Å². The van der Waals surface area contributed by atoms with Gasteiger partial charge in [0.1, 0.15) is 0 Å². The fourth-order valence-corrected chi connectivity index (χ4v) is 2.09. The van der Waals surface area contributed by atoms with E-state index in [0.717, 1.165) is 11.4 Å². The molecule has 2 rings (SSSR count). The minimum atomic E-state index is -0.0424. The van der Waals surface area contributed by atoms with Gasteiger partial charge < -0.3 is 10.6 Å². The van der Waals surface area contributed by atoms with Crippen molar-refractivity contribution < 1.29 is 4.79 Å². The summed E-state index contributed by atoms with van der Waals surface area (Å²) in [5.74, 6) is 0.379. The zero-order valence-electron chi connectivity index (χ0n) is 12.5. The Hall–Kier alpha value is -2.36. The summed E-state index contributed by atoms with van der Waals surface area (Å²) in [7, 11) is 0. The van der Waals surface area contributed by atoms with Crippen LogP contribution < -0.4 is 10.6 Å². The number of para-hydroxylation sites is 1. The van der Waals surface area contributed by atoms with Crippen LogP contribution in [0, 0.1) is 0 Å². The van der Waals surface area contributed by atoms with Crippen molar-refractivity contribution in [2.75, 3.05) is 11.9 Å². The van der Waals surface area contributed by atoms with E-state index in [-0.39, 0.29) is 12.5 Å². The smallest absolute Gasteiger partial charge is 0.239 e. The maximum Gasteiger partial charge on any atom is 0.239 e. The van der Waals surface area contributed by atoms with Gasteiger partial charge in [0.05, 0.1) is 18.8 Å². The lowest BCUT2D eigenvalue weighted by molar-refractivity contribution is -0.119. The molecule has 1 heterocycles. The van der Waals surface area contributed by atoms with Crippen molar-refractivity contribution in [2.24, 2.45) is 0 Å². The molecule has 0 aliphatic rings. The van der Waals surface area contributed by atoms with Gasteiger partial charge in [0.2, 0.25) is 5.91 Å². The SMILES string of the molecule is CC(C)c1ccccc1NCC(=O)NCc1ccccn1. The number of amides is 1. The molecule has 0 atom stereocenters. The van der Waals surface area contributed by atoms with Crippen LogP contribution in [-0.4, -0.2) is 17.4 Å². The van der Waals surface area contributed by atoms with E-state index in [1.807, 2.05) is 36.4 Å². The molecule has 0 bridgehead atoms. The van der Waals surface area contributed by atoms with E-state index in [2.05, 4.69) is 35.5 Å². The number of nitrogens with zero attached hydrogens (tertiary/aromatic N) is 1. The first kappa shape index (κ1) is 15.0. The summed E-state index contributed by atoms with van der Waals surface area (Å²) in [6.07, 6.45) is 1.72. The van der Waals surface area contributed by atoms with Gasteiger partial charge in [0, 0.05) is 11.9 Å². The average molecular weight is 283 g/mol. The van der Waals surface area contributed by atoms with Gasteiger partial charge >= 0.3 is 0 Å². The molecule has 2 N–H and O–H groups in total. The molecule has 2 aromatic rings. The Kier molecular flexibility index (Phi) is 5.32. The Bertz CT molecular complexity index is 582. The van der Waals surface area contributed by atoms with E-state index in [1.54, 1.807) is 6.20 Å². The third kappa shape index (κ3) is 4.60. The fourth-order valence-electron chi connectivity index (χ4n) is 2.09. The Balaban J connectivity index is 1.84. The average Bonchev–Trinajstić information content (AvgIpc) is 2.52. The van der Waals surface area contributed by atoms with Gasteiger partial charge in [-0.15, -0.1) is 0 Å². The number of nitrogens with one attached hydrogen (secondary N) is 2. The number of carbonyl (C=O) groups excluding carboxylic acids is 1. The third-order valence-electron chi connectivity index (χ3n) is 3.22. The number of hydrogen-bond donors (Lipinski definition) is 2. The maximum atomic E-state index is 11.9. The van der Waals surface area contributed by atoms with Gasteiger partial charge in [-0.3, -0.25) is 9.78 Å². The van der Waals surface area contributed by atoms with E-state index in [0.29, 0.717) is 12.5 Å². The maximum absolute atomic E-state index is 11.9. The van der Waals surface area contributed by atoms with Gasteiger partial charge in [-0.25, -0.2) is 0 Å². The quantitative estimate of drug-likeness (QED) is 0.857. The molecule has 0 radical (unpaired) electrons. The minimum Gasteiger partial charge on any atom is -0.376 e. The molecule has 0 aliphatic heterocycles. The van der Waals surface area contributed by atoms with Crippen molar-refractivity contribution in [1.82, 2.24) is 10.3 Å². The second-order valence-corrected chi connectivity index (χ2v) is 5.19. The van der Waals surface area contributed by atoms with E-state index in [9.17, 15) is 4.79 Å². The first-order chi connectivity index (χ1) is 10.2. The van der Waals surface area contributed by atoms with E-state index in [4.69, 9.17) is 0 Å². The van der Waals surface area contributed by atoms with Crippen molar-refractivity contribution in [3.8, 4) is 0 Å². The molecule has 0 aliphatic carbocycles.